The molecule has 0 aliphatic carbocycles. The lowest BCUT2D eigenvalue weighted by molar-refractivity contribution is 0.594. The molecule has 0 radical (unpaired) electrons. The van der Waals surface area contributed by atoms with Gasteiger partial charge in [0.15, 0.2) is 0 Å². The predicted octanol–water partition coefficient (Wildman–Crippen LogP) is 4.24. The summed E-state index contributed by atoms with van der Waals surface area (Å²) in [5.74, 6) is 0. The third-order valence-electron chi connectivity index (χ3n) is 2.90. The number of aryl methyl sites for hydroxylation is 1. The first-order valence-electron chi connectivity index (χ1n) is 5.83. The Morgan fingerprint density at radius 2 is 1.85 bits per heavy atom. The highest BCUT2D eigenvalue weighted by Crippen LogP contribution is 2.29. The molecule has 0 amide bonds. The van der Waals surface area contributed by atoms with Crippen LogP contribution in [0.5, 0.6) is 0 Å². The van der Waals surface area contributed by atoms with Crippen LogP contribution in [0.25, 0.3) is 0 Å². The van der Waals surface area contributed by atoms with Gasteiger partial charge in [-0.3, -0.25) is 4.31 Å². The number of hydrogen-bond acceptors (Lipinski definition) is 2. The number of nitrogens with zero attached hydrogens (tertiary/aromatic N) is 1. The van der Waals surface area contributed by atoms with Crippen LogP contribution in [0.2, 0.25) is 5.02 Å². The fourth-order valence-corrected chi connectivity index (χ4v) is 3.99. The smallest absolute Gasteiger partial charge is 0.265 e. The second-order valence-electron chi connectivity index (χ2n) is 4.39. The third-order valence-corrected chi connectivity index (χ3v) is 5.66. The Bertz CT molecular complexity index is 747. The molecular formula is C14H13BrClNO2S. The molecule has 106 valence electrons. The maximum absolute atomic E-state index is 12.6. The SMILES string of the molecule is Cc1cccc(N(C)S(=O)(=O)c2ccc(Br)cc2Cl)c1. The fourth-order valence-electron chi connectivity index (χ4n) is 1.79. The van der Waals surface area contributed by atoms with Crippen molar-refractivity contribution in [2.45, 2.75) is 11.8 Å². The zero-order valence-corrected chi connectivity index (χ0v) is 14.1. The molecule has 2 aromatic carbocycles. The van der Waals surface area contributed by atoms with Crippen LogP contribution in [0.15, 0.2) is 51.8 Å². The number of rotatable bonds is 3. The van der Waals surface area contributed by atoms with Crippen molar-refractivity contribution < 1.29 is 8.42 Å². The molecule has 3 nitrogen and oxygen atoms in total. The molecule has 2 aromatic rings. The number of hydrogen-bond donors (Lipinski definition) is 0. The van der Waals surface area contributed by atoms with Crippen LogP contribution >= 0.6 is 27.5 Å². The number of sulfonamides is 1. The Kier molecular flexibility index (Phi) is 4.42. The molecule has 0 heterocycles. The maximum atomic E-state index is 12.6. The summed E-state index contributed by atoms with van der Waals surface area (Å²) in [6.07, 6.45) is 0. The summed E-state index contributed by atoms with van der Waals surface area (Å²) in [5, 5.41) is 0.193. The largest absolute Gasteiger partial charge is 0.269 e. The van der Waals surface area contributed by atoms with Gasteiger partial charge in [0.1, 0.15) is 4.90 Å². The zero-order valence-electron chi connectivity index (χ0n) is 11.0. The summed E-state index contributed by atoms with van der Waals surface area (Å²) < 4.78 is 27.2. The molecule has 0 unspecified atom stereocenters. The summed E-state index contributed by atoms with van der Waals surface area (Å²) in [5.41, 5.74) is 1.59. The first kappa shape index (κ1) is 15.4. The van der Waals surface area contributed by atoms with Gasteiger partial charge in [0.2, 0.25) is 0 Å². The Morgan fingerprint density at radius 1 is 1.15 bits per heavy atom. The van der Waals surface area contributed by atoms with Gasteiger partial charge in [0.25, 0.3) is 10.0 Å². The van der Waals surface area contributed by atoms with Gasteiger partial charge in [-0.1, -0.05) is 39.7 Å². The van der Waals surface area contributed by atoms with Gasteiger partial charge in [0.05, 0.1) is 10.7 Å². The lowest BCUT2D eigenvalue weighted by atomic mass is 10.2. The molecule has 0 atom stereocenters. The van der Waals surface area contributed by atoms with Crippen LogP contribution < -0.4 is 4.31 Å². The standard InChI is InChI=1S/C14H13BrClNO2S/c1-10-4-3-5-12(8-10)17(2)20(18,19)14-7-6-11(15)9-13(14)16/h3-9H,1-2H3. The van der Waals surface area contributed by atoms with Crippen LogP contribution in [-0.4, -0.2) is 15.5 Å². The minimum atomic E-state index is -3.68. The van der Waals surface area contributed by atoms with Gasteiger partial charge in [0, 0.05) is 11.5 Å². The van der Waals surface area contributed by atoms with E-state index >= 15 is 0 Å². The Labute approximate surface area is 132 Å². The monoisotopic (exact) mass is 373 g/mol. The van der Waals surface area contributed by atoms with E-state index in [-0.39, 0.29) is 9.92 Å². The van der Waals surface area contributed by atoms with Crippen molar-refractivity contribution in [2.75, 3.05) is 11.4 Å². The molecule has 2 rings (SSSR count). The van der Waals surface area contributed by atoms with E-state index in [1.165, 1.54) is 17.4 Å². The average Bonchev–Trinajstić information content (AvgIpc) is 2.37. The number of benzene rings is 2. The van der Waals surface area contributed by atoms with Crippen molar-refractivity contribution in [2.24, 2.45) is 0 Å². The third kappa shape index (κ3) is 3.00. The summed E-state index contributed by atoms with van der Waals surface area (Å²) in [4.78, 5) is 0.0892. The molecule has 0 aromatic heterocycles. The number of halogens is 2. The Balaban J connectivity index is 2.49. The first-order valence-corrected chi connectivity index (χ1v) is 8.44. The topological polar surface area (TPSA) is 37.4 Å². The van der Waals surface area contributed by atoms with Gasteiger partial charge < -0.3 is 0 Å². The van der Waals surface area contributed by atoms with E-state index in [2.05, 4.69) is 15.9 Å². The lowest BCUT2D eigenvalue weighted by Crippen LogP contribution is -2.26. The van der Waals surface area contributed by atoms with Crippen molar-refractivity contribution in [3.05, 3.63) is 57.5 Å². The highest BCUT2D eigenvalue weighted by Gasteiger charge is 2.24. The van der Waals surface area contributed by atoms with Crippen molar-refractivity contribution in [1.29, 1.82) is 0 Å². The van der Waals surface area contributed by atoms with E-state index in [1.54, 1.807) is 18.2 Å². The van der Waals surface area contributed by atoms with Gasteiger partial charge in [-0.25, -0.2) is 8.42 Å². The van der Waals surface area contributed by atoms with Crippen molar-refractivity contribution in [3.63, 3.8) is 0 Å². The van der Waals surface area contributed by atoms with E-state index in [9.17, 15) is 8.42 Å². The fraction of sp³-hybridized carbons (Fsp3) is 0.143. The highest BCUT2D eigenvalue weighted by molar-refractivity contribution is 9.10. The van der Waals surface area contributed by atoms with Gasteiger partial charge >= 0.3 is 0 Å². The lowest BCUT2D eigenvalue weighted by Gasteiger charge is -2.20. The molecule has 0 aliphatic heterocycles. The summed E-state index contributed by atoms with van der Waals surface area (Å²) in [6, 6.07) is 12.0. The molecule has 0 saturated carbocycles. The second kappa shape index (κ2) is 5.76. The first-order chi connectivity index (χ1) is 9.32. The molecule has 0 saturated heterocycles. The van der Waals surface area contributed by atoms with Gasteiger partial charge in [-0.2, -0.15) is 0 Å². The Morgan fingerprint density at radius 3 is 2.45 bits per heavy atom. The van der Waals surface area contributed by atoms with Gasteiger partial charge in [-0.15, -0.1) is 0 Å². The normalized spacial score (nSPS) is 11.4. The molecular weight excluding hydrogens is 362 g/mol. The van der Waals surface area contributed by atoms with Crippen LogP contribution in [-0.2, 0) is 10.0 Å². The molecule has 6 heteroatoms. The molecule has 20 heavy (non-hydrogen) atoms. The minimum absolute atomic E-state index is 0.0892. The van der Waals surface area contributed by atoms with E-state index in [1.807, 2.05) is 25.1 Å². The maximum Gasteiger partial charge on any atom is 0.265 e. The molecule has 0 bridgehead atoms. The van der Waals surface area contributed by atoms with E-state index < -0.39 is 10.0 Å². The minimum Gasteiger partial charge on any atom is -0.269 e. The zero-order chi connectivity index (χ0) is 14.9. The van der Waals surface area contributed by atoms with Crippen LogP contribution in [0.3, 0.4) is 0 Å². The van der Waals surface area contributed by atoms with Gasteiger partial charge in [-0.05, 0) is 42.8 Å². The van der Waals surface area contributed by atoms with E-state index in [0.29, 0.717) is 5.69 Å². The van der Waals surface area contributed by atoms with Crippen LogP contribution in [0.4, 0.5) is 5.69 Å². The quantitative estimate of drug-likeness (QED) is 0.806. The van der Waals surface area contributed by atoms with Crippen molar-refractivity contribution >= 4 is 43.2 Å². The summed E-state index contributed by atoms with van der Waals surface area (Å²) in [7, 11) is -2.16. The van der Waals surface area contributed by atoms with Crippen LogP contribution in [0.1, 0.15) is 5.56 Å². The number of anilines is 1. The molecule has 0 N–H and O–H groups in total. The van der Waals surface area contributed by atoms with Crippen molar-refractivity contribution in [3.8, 4) is 0 Å². The molecule has 0 aliphatic rings. The Hall–Kier alpha value is -1.04. The van der Waals surface area contributed by atoms with Crippen molar-refractivity contribution in [1.82, 2.24) is 0 Å². The van der Waals surface area contributed by atoms with E-state index in [0.717, 1.165) is 10.0 Å². The molecule has 0 spiro atoms. The summed E-state index contributed by atoms with van der Waals surface area (Å²) in [6.45, 7) is 1.91. The second-order valence-corrected chi connectivity index (χ2v) is 7.65. The highest BCUT2D eigenvalue weighted by atomic mass is 79.9. The van der Waals surface area contributed by atoms with E-state index in [4.69, 9.17) is 11.6 Å². The average molecular weight is 375 g/mol. The molecule has 0 fully saturated rings. The van der Waals surface area contributed by atoms with Crippen LogP contribution in [0, 0.1) is 6.92 Å². The predicted molar refractivity (Wildman–Crippen MR) is 85.9 cm³/mol. The summed E-state index contributed by atoms with van der Waals surface area (Å²) >= 11 is 9.30.